The lowest BCUT2D eigenvalue weighted by Gasteiger charge is -2.11. The molecule has 1 atom stereocenters. The monoisotopic (exact) mass is 181 g/mol. The number of hydrogen-bond acceptors (Lipinski definition) is 0. The maximum atomic E-state index is 5.83. The zero-order valence-electron chi connectivity index (χ0n) is 7.39. The lowest BCUT2D eigenvalue weighted by atomic mass is 9.97. The number of hydrogen-bond donors (Lipinski definition) is 0. The number of halogens is 1. The Kier molecular flexibility index (Phi) is 3.61. The van der Waals surface area contributed by atoms with E-state index in [4.69, 9.17) is 11.6 Å². The lowest BCUT2D eigenvalue weighted by molar-refractivity contribution is 0.740. The van der Waals surface area contributed by atoms with Crippen LogP contribution in [0.2, 0.25) is 0 Å². The first-order chi connectivity index (χ1) is 5.77. The quantitative estimate of drug-likeness (QED) is 0.626. The van der Waals surface area contributed by atoms with E-state index >= 15 is 0 Å². The van der Waals surface area contributed by atoms with Crippen molar-refractivity contribution in [2.24, 2.45) is 0 Å². The summed E-state index contributed by atoms with van der Waals surface area (Å²) in [5.74, 6) is 1.17. The van der Waals surface area contributed by atoms with Crippen LogP contribution in [0.15, 0.2) is 24.3 Å². The largest absolute Gasteiger partial charge is 0.126 e. The van der Waals surface area contributed by atoms with E-state index in [1.54, 1.807) is 0 Å². The molecule has 0 amide bonds. The number of alkyl halides is 1. The van der Waals surface area contributed by atoms with Crippen molar-refractivity contribution in [2.45, 2.75) is 19.3 Å². The van der Waals surface area contributed by atoms with Gasteiger partial charge in [0.25, 0.3) is 0 Å². The molecule has 0 bridgehead atoms. The highest BCUT2D eigenvalue weighted by Crippen LogP contribution is 2.21. The molecule has 0 fully saturated rings. The highest BCUT2D eigenvalue weighted by molar-refractivity contribution is 6.18. The summed E-state index contributed by atoms with van der Waals surface area (Å²) in [5, 5.41) is 0. The molecule has 1 heteroatoms. The van der Waals surface area contributed by atoms with Crippen LogP contribution in [-0.4, -0.2) is 5.88 Å². The summed E-state index contributed by atoms with van der Waals surface area (Å²) in [6.07, 6.45) is 1.09. The van der Waals surface area contributed by atoms with Crippen molar-refractivity contribution in [3.8, 4) is 0 Å². The van der Waals surface area contributed by atoms with Crippen LogP contribution in [0.5, 0.6) is 0 Å². The molecule has 1 unspecified atom stereocenters. The van der Waals surface area contributed by atoms with E-state index < -0.39 is 0 Å². The van der Waals surface area contributed by atoms with Gasteiger partial charge in [-0.3, -0.25) is 0 Å². The minimum atomic E-state index is 0.480. The Bertz CT molecular complexity index is 239. The average Bonchev–Trinajstić information content (AvgIpc) is 2.07. The molecule has 0 saturated carbocycles. The predicted octanol–water partition coefficient (Wildman–Crippen LogP) is 3.60. The van der Waals surface area contributed by atoms with E-state index in [2.05, 4.69) is 26.0 Å². The molecule has 0 N–H and O–H groups in total. The van der Waals surface area contributed by atoms with Gasteiger partial charge in [-0.15, -0.1) is 11.6 Å². The summed E-state index contributed by atoms with van der Waals surface area (Å²) in [4.78, 5) is 0. The summed E-state index contributed by atoms with van der Waals surface area (Å²) >= 11 is 5.83. The summed E-state index contributed by atoms with van der Waals surface area (Å²) in [5.41, 5.74) is 2.37. The molecule has 0 aromatic heterocycles. The van der Waals surface area contributed by atoms with Crippen molar-refractivity contribution >= 4 is 11.6 Å². The third-order valence-electron chi connectivity index (χ3n) is 2.10. The van der Waals surface area contributed by atoms with Gasteiger partial charge in [-0.25, -0.2) is 0 Å². The minimum Gasteiger partial charge on any atom is -0.126 e. The molecule has 1 aromatic rings. The van der Waals surface area contributed by atoms with Gasteiger partial charge in [-0.05, 0) is 30.4 Å². The van der Waals surface area contributed by atoms with Crippen LogP contribution < -0.4 is 0 Å². The van der Waals surface area contributed by atoms with Crippen molar-refractivity contribution in [1.29, 1.82) is 0 Å². The maximum absolute atomic E-state index is 5.83. The van der Waals surface area contributed by atoms with E-state index in [0.29, 0.717) is 11.8 Å². The second-order valence-corrected chi connectivity index (χ2v) is 3.31. The smallest absolute Gasteiger partial charge is 0.0292 e. The Hall–Kier alpha value is -0.490. The van der Waals surface area contributed by atoms with Crippen molar-refractivity contribution in [1.82, 2.24) is 0 Å². The number of rotatable bonds is 3. The Morgan fingerprint density at radius 2 is 2.25 bits per heavy atom. The molecule has 1 rings (SSSR count). The topological polar surface area (TPSA) is 0 Å². The fourth-order valence-electron chi connectivity index (χ4n) is 1.28. The first-order valence-corrected chi connectivity index (χ1v) is 4.79. The summed E-state index contributed by atoms with van der Waals surface area (Å²) < 4.78 is 0. The fourth-order valence-corrected chi connectivity index (χ4v) is 1.68. The van der Waals surface area contributed by atoms with E-state index in [1.807, 2.05) is 12.1 Å². The highest BCUT2D eigenvalue weighted by Gasteiger charge is 2.06. The second kappa shape index (κ2) is 4.51. The Morgan fingerprint density at radius 1 is 1.50 bits per heavy atom. The molecule has 0 aliphatic heterocycles. The van der Waals surface area contributed by atoms with Crippen LogP contribution in [0.1, 0.15) is 30.4 Å². The van der Waals surface area contributed by atoms with E-state index in [9.17, 15) is 0 Å². The van der Waals surface area contributed by atoms with Crippen LogP contribution >= 0.6 is 11.6 Å². The van der Waals surface area contributed by atoms with Crippen LogP contribution in [0.4, 0.5) is 0 Å². The van der Waals surface area contributed by atoms with E-state index in [0.717, 1.165) is 12.0 Å². The summed E-state index contributed by atoms with van der Waals surface area (Å²) in [6.45, 7) is 6.04. The molecule has 65 valence electrons. The average molecular weight is 182 g/mol. The van der Waals surface area contributed by atoms with Gasteiger partial charge in [0.05, 0.1) is 0 Å². The van der Waals surface area contributed by atoms with Gasteiger partial charge < -0.3 is 0 Å². The first-order valence-electron chi connectivity index (χ1n) is 4.25. The Balaban J connectivity index is 2.85. The summed E-state index contributed by atoms with van der Waals surface area (Å²) in [6, 6.07) is 8.26. The van der Waals surface area contributed by atoms with Crippen molar-refractivity contribution in [2.75, 3.05) is 5.88 Å². The van der Waals surface area contributed by atoms with Crippen LogP contribution in [0, 0.1) is 6.92 Å². The minimum absolute atomic E-state index is 0.480. The zero-order valence-corrected chi connectivity index (χ0v) is 8.14. The van der Waals surface area contributed by atoms with Crippen LogP contribution in [-0.2, 0) is 0 Å². The first kappa shape index (κ1) is 9.60. The number of benzene rings is 1. The van der Waals surface area contributed by atoms with Crippen LogP contribution in [0.3, 0.4) is 0 Å². The van der Waals surface area contributed by atoms with Gasteiger partial charge in [0, 0.05) is 5.88 Å². The van der Waals surface area contributed by atoms with E-state index in [1.165, 1.54) is 5.56 Å². The molecule has 0 aliphatic carbocycles. The maximum Gasteiger partial charge on any atom is 0.0292 e. The van der Waals surface area contributed by atoms with Crippen LogP contribution in [0.25, 0.3) is 0 Å². The molecule has 12 heavy (non-hydrogen) atoms. The fraction of sp³-hybridized carbons (Fsp3) is 0.364. The predicted molar refractivity (Wildman–Crippen MR) is 54.7 cm³/mol. The van der Waals surface area contributed by atoms with Crippen molar-refractivity contribution in [3.05, 3.63) is 42.3 Å². The van der Waals surface area contributed by atoms with E-state index in [-0.39, 0.29) is 0 Å². The zero-order chi connectivity index (χ0) is 8.97. The molecule has 0 aliphatic rings. The Morgan fingerprint density at radius 3 is 2.75 bits per heavy atom. The Labute approximate surface area is 79.6 Å². The highest BCUT2D eigenvalue weighted by atomic mass is 35.5. The molecule has 1 aromatic carbocycles. The van der Waals surface area contributed by atoms with Gasteiger partial charge in [0.2, 0.25) is 0 Å². The van der Waals surface area contributed by atoms with Gasteiger partial charge >= 0.3 is 0 Å². The molecular weight excluding hydrogens is 168 g/mol. The third kappa shape index (κ3) is 2.25. The van der Waals surface area contributed by atoms with Crippen molar-refractivity contribution in [3.63, 3.8) is 0 Å². The molecule has 0 saturated heterocycles. The second-order valence-electron chi connectivity index (χ2n) is 3.00. The standard InChI is InChI=1S/C11H14Cl/c1-3-10(8-12)11-6-4-5-9(2)7-11/h4-7,10H,2-3,8H2,1H3. The van der Waals surface area contributed by atoms with Gasteiger partial charge in [0.1, 0.15) is 0 Å². The SMILES string of the molecule is [CH2]c1cccc(C(CC)CCl)c1. The normalized spacial score (nSPS) is 12.9. The molecule has 0 heterocycles. The summed E-state index contributed by atoms with van der Waals surface area (Å²) in [7, 11) is 0. The van der Waals surface area contributed by atoms with Gasteiger partial charge in [-0.2, -0.15) is 0 Å². The lowest BCUT2D eigenvalue weighted by Crippen LogP contribution is -1.98. The molecule has 0 nitrogen and oxygen atoms in total. The molecule has 0 spiro atoms. The molecular formula is C11H14Cl. The third-order valence-corrected chi connectivity index (χ3v) is 2.47. The van der Waals surface area contributed by atoms with Crippen molar-refractivity contribution < 1.29 is 0 Å². The van der Waals surface area contributed by atoms with Gasteiger partial charge in [0.15, 0.2) is 0 Å². The molecule has 1 radical (unpaired) electrons. The van der Waals surface area contributed by atoms with Gasteiger partial charge in [-0.1, -0.05) is 31.2 Å².